The Bertz CT molecular complexity index is 746. The number of nitrogens with zero attached hydrogens (tertiary/aromatic N) is 5. The normalized spacial score (nSPS) is 14.9. The second-order valence-electron chi connectivity index (χ2n) is 7.33. The number of carbonyl (C=O) groups is 1. The van der Waals surface area contributed by atoms with E-state index in [4.69, 9.17) is 10.4 Å². The van der Waals surface area contributed by atoms with Crippen LogP contribution in [0.25, 0.3) is 0 Å². The number of aromatic nitrogens is 2. The molecule has 0 aliphatic carbocycles. The number of carboxylic acid groups (broad SMARTS) is 1. The first-order chi connectivity index (χ1) is 12.3. The zero-order valence-corrected chi connectivity index (χ0v) is 15.4. The zero-order valence-electron chi connectivity index (χ0n) is 15.4. The van der Waals surface area contributed by atoms with Crippen molar-refractivity contribution in [2.75, 3.05) is 44.6 Å². The molecule has 0 unspecified atom stereocenters. The van der Waals surface area contributed by atoms with Gasteiger partial charge in [-0.2, -0.15) is 5.26 Å². The van der Waals surface area contributed by atoms with Gasteiger partial charge in [0.1, 0.15) is 11.9 Å². The lowest BCUT2D eigenvalue weighted by Gasteiger charge is -2.31. The second-order valence-corrected chi connectivity index (χ2v) is 7.33. The Morgan fingerprint density at radius 3 is 2.62 bits per heavy atom. The molecule has 1 aromatic heterocycles. The maximum absolute atomic E-state index is 10.9. The van der Waals surface area contributed by atoms with Gasteiger partial charge in [-0.15, -0.1) is 0 Å². The smallest absolute Gasteiger partial charge is 0.407 e. The van der Waals surface area contributed by atoms with E-state index in [1.165, 1.54) is 4.90 Å². The van der Waals surface area contributed by atoms with Crippen LogP contribution in [-0.4, -0.2) is 70.2 Å². The van der Waals surface area contributed by atoms with Crippen LogP contribution in [-0.2, 0) is 0 Å². The highest BCUT2D eigenvalue weighted by Crippen LogP contribution is 2.16. The molecule has 1 aliphatic heterocycles. The van der Waals surface area contributed by atoms with Gasteiger partial charge >= 0.3 is 6.09 Å². The lowest BCUT2D eigenvalue weighted by molar-refractivity contribution is 0.111. The molecular formula is C18H24N6O2. The summed E-state index contributed by atoms with van der Waals surface area (Å²) in [6.07, 6.45) is 0.686. The van der Waals surface area contributed by atoms with Gasteiger partial charge in [0.15, 0.2) is 0 Å². The topological polar surface area (TPSA) is 105 Å². The van der Waals surface area contributed by atoms with Crippen molar-refractivity contribution < 1.29 is 9.90 Å². The number of amides is 1. The van der Waals surface area contributed by atoms with Crippen molar-refractivity contribution in [1.29, 1.82) is 5.26 Å². The minimum atomic E-state index is -0.875. The molecule has 1 aromatic rings. The minimum absolute atomic E-state index is 0.0618. The van der Waals surface area contributed by atoms with Gasteiger partial charge in [-0.1, -0.05) is 32.6 Å². The van der Waals surface area contributed by atoms with Crippen LogP contribution in [0.1, 0.15) is 32.2 Å². The molecule has 1 amide bonds. The summed E-state index contributed by atoms with van der Waals surface area (Å²) < 4.78 is 0. The summed E-state index contributed by atoms with van der Waals surface area (Å²) in [6, 6.07) is 1.94. The maximum Gasteiger partial charge on any atom is 0.407 e. The number of rotatable bonds is 3. The first-order valence-electron chi connectivity index (χ1n) is 8.48. The monoisotopic (exact) mass is 356 g/mol. The third-order valence-electron chi connectivity index (χ3n) is 3.84. The molecule has 8 nitrogen and oxygen atoms in total. The van der Waals surface area contributed by atoms with E-state index in [-0.39, 0.29) is 11.2 Å². The molecule has 26 heavy (non-hydrogen) atoms. The van der Waals surface area contributed by atoms with Crippen molar-refractivity contribution in [1.82, 2.24) is 19.8 Å². The highest BCUT2D eigenvalue weighted by atomic mass is 16.4. The van der Waals surface area contributed by atoms with E-state index in [1.807, 2.05) is 6.07 Å². The van der Waals surface area contributed by atoms with Crippen LogP contribution in [0.15, 0.2) is 6.20 Å². The number of hydrogen-bond donors (Lipinski definition) is 2. The molecule has 1 fully saturated rings. The highest BCUT2D eigenvalue weighted by Gasteiger charge is 2.19. The standard InChI is InChI=1S/C18H24N6O2/c1-18(2,3)13-21-16-14(12-20-15(11-19)22-16)5-4-6-23-7-9-24(10-8-23)17(25)26/h12H,6-10,13H2,1-3H3,(H,25,26)(H,20,21,22). The van der Waals surface area contributed by atoms with Crippen molar-refractivity contribution in [2.24, 2.45) is 5.41 Å². The van der Waals surface area contributed by atoms with Gasteiger partial charge in [-0.05, 0) is 5.41 Å². The van der Waals surface area contributed by atoms with Gasteiger partial charge < -0.3 is 15.3 Å². The van der Waals surface area contributed by atoms with E-state index in [0.29, 0.717) is 50.6 Å². The Labute approximate surface area is 153 Å². The zero-order chi connectivity index (χ0) is 19.2. The SMILES string of the molecule is CC(C)(C)CNc1nc(C#N)ncc1C#CCN1CCN(C(=O)O)CC1. The van der Waals surface area contributed by atoms with Gasteiger partial charge in [-0.3, -0.25) is 4.90 Å². The molecule has 8 heteroatoms. The molecule has 0 aromatic carbocycles. The molecule has 1 saturated heterocycles. The van der Waals surface area contributed by atoms with Gasteiger partial charge in [0.05, 0.1) is 12.1 Å². The fourth-order valence-corrected chi connectivity index (χ4v) is 2.35. The molecule has 0 spiro atoms. The molecular weight excluding hydrogens is 332 g/mol. The minimum Gasteiger partial charge on any atom is -0.465 e. The van der Waals surface area contributed by atoms with Crippen LogP contribution in [0.4, 0.5) is 10.6 Å². The summed E-state index contributed by atoms with van der Waals surface area (Å²) in [5.41, 5.74) is 0.712. The van der Waals surface area contributed by atoms with Crippen LogP contribution in [0.5, 0.6) is 0 Å². The van der Waals surface area contributed by atoms with Crippen LogP contribution < -0.4 is 5.32 Å². The van der Waals surface area contributed by atoms with E-state index in [2.05, 4.69) is 52.8 Å². The number of nitrogens with one attached hydrogen (secondary N) is 1. The van der Waals surface area contributed by atoms with Crippen LogP contribution in [0, 0.1) is 28.6 Å². The first-order valence-corrected chi connectivity index (χ1v) is 8.48. The lowest BCUT2D eigenvalue weighted by Crippen LogP contribution is -2.48. The largest absolute Gasteiger partial charge is 0.465 e. The molecule has 1 aliphatic rings. The average Bonchev–Trinajstić information content (AvgIpc) is 2.60. The molecule has 0 atom stereocenters. The lowest BCUT2D eigenvalue weighted by atomic mass is 9.97. The number of anilines is 1. The predicted molar refractivity (Wildman–Crippen MR) is 97.6 cm³/mol. The summed E-state index contributed by atoms with van der Waals surface area (Å²) in [5.74, 6) is 6.83. The summed E-state index contributed by atoms with van der Waals surface area (Å²) in [4.78, 5) is 22.7. The van der Waals surface area contributed by atoms with Gasteiger partial charge in [0, 0.05) is 38.9 Å². The van der Waals surface area contributed by atoms with Gasteiger partial charge in [-0.25, -0.2) is 14.8 Å². The van der Waals surface area contributed by atoms with E-state index >= 15 is 0 Å². The number of hydrogen-bond acceptors (Lipinski definition) is 6. The van der Waals surface area contributed by atoms with Crippen molar-refractivity contribution >= 4 is 11.9 Å². The number of piperazine rings is 1. The third-order valence-corrected chi connectivity index (χ3v) is 3.84. The van der Waals surface area contributed by atoms with E-state index in [1.54, 1.807) is 6.20 Å². The number of nitriles is 1. The van der Waals surface area contributed by atoms with Crippen molar-refractivity contribution in [3.63, 3.8) is 0 Å². The third kappa shape index (κ3) is 5.91. The Kier molecular flexibility index (Phi) is 6.37. The van der Waals surface area contributed by atoms with Crippen LogP contribution in [0.2, 0.25) is 0 Å². The highest BCUT2D eigenvalue weighted by molar-refractivity contribution is 5.65. The summed E-state index contributed by atoms with van der Waals surface area (Å²) in [6.45, 7) is 9.88. The first kappa shape index (κ1) is 19.5. The Balaban J connectivity index is 2.02. The fraction of sp³-hybridized carbons (Fsp3) is 0.556. The Morgan fingerprint density at radius 1 is 1.35 bits per heavy atom. The Morgan fingerprint density at radius 2 is 2.04 bits per heavy atom. The maximum atomic E-state index is 10.9. The molecule has 0 radical (unpaired) electrons. The second kappa shape index (κ2) is 8.50. The molecule has 0 bridgehead atoms. The summed E-state index contributed by atoms with van der Waals surface area (Å²) in [7, 11) is 0. The van der Waals surface area contributed by atoms with Crippen LogP contribution in [0.3, 0.4) is 0 Å². The summed E-state index contributed by atoms with van der Waals surface area (Å²) in [5, 5.41) is 21.2. The van der Waals surface area contributed by atoms with Crippen LogP contribution >= 0.6 is 0 Å². The van der Waals surface area contributed by atoms with E-state index < -0.39 is 6.09 Å². The fourth-order valence-electron chi connectivity index (χ4n) is 2.35. The van der Waals surface area contributed by atoms with Gasteiger partial charge in [0.2, 0.25) is 5.82 Å². The van der Waals surface area contributed by atoms with E-state index in [9.17, 15) is 4.79 Å². The molecule has 2 N–H and O–H groups in total. The van der Waals surface area contributed by atoms with Crippen molar-refractivity contribution in [3.8, 4) is 17.9 Å². The Hall–Kier alpha value is -2.84. The quantitative estimate of drug-likeness (QED) is 0.790. The molecule has 0 saturated carbocycles. The molecule has 2 heterocycles. The van der Waals surface area contributed by atoms with Crippen molar-refractivity contribution in [2.45, 2.75) is 20.8 Å². The summed E-state index contributed by atoms with van der Waals surface area (Å²) >= 11 is 0. The molecule has 138 valence electrons. The predicted octanol–water partition coefficient (Wildman–Crippen LogP) is 1.45. The molecule has 2 rings (SSSR count). The average molecular weight is 356 g/mol. The van der Waals surface area contributed by atoms with E-state index in [0.717, 1.165) is 0 Å². The van der Waals surface area contributed by atoms with Crippen molar-refractivity contribution in [3.05, 3.63) is 17.6 Å². The van der Waals surface area contributed by atoms with Gasteiger partial charge in [0.25, 0.3) is 0 Å².